The minimum Gasteiger partial charge on any atom is -0.274 e. The van der Waals surface area contributed by atoms with E-state index in [4.69, 9.17) is 11.6 Å². The highest BCUT2D eigenvalue weighted by Gasteiger charge is 2.19. The van der Waals surface area contributed by atoms with E-state index in [9.17, 15) is 17.2 Å². The van der Waals surface area contributed by atoms with Gasteiger partial charge in [0.1, 0.15) is 27.4 Å². The number of rotatable bonds is 3. The highest BCUT2D eigenvalue weighted by atomic mass is 35.5. The normalized spacial score (nSPS) is 11.3. The van der Waals surface area contributed by atoms with E-state index < -0.39 is 27.3 Å². The summed E-state index contributed by atoms with van der Waals surface area (Å²) in [5.74, 6) is -2.02. The summed E-state index contributed by atoms with van der Waals surface area (Å²) in [6.45, 7) is 0. The predicted molar refractivity (Wildman–Crippen MR) is 66.4 cm³/mol. The molecule has 1 heterocycles. The van der Waals surface area contributed by atoms with Crippen LogP contribution in [0.15, 0.2) is 41.4 Å². The van der Waals surface area contributed by atoms with Crippen LogP contribution in [0.25, 0.3) is 0 Å². The van der Waals surface area contributed by atoms with Crippen LogP contribution in [-0.2, 0) is 10.0 Å². The maximum Gasteiger partial charge on any atom is 0.263 e. The van der Waals surface area contributed by atoms with Crippen molar-refractivity contribution >= 4 is 27.3 Å². The van der Waals surface area contributed by atoms with Gasteiger partial charge in [0.15, 0.2) is 0 Å². The Morgan fingerprint density at radius 3 is 2.26 bits per heavy atom. The smallest absolute Gasteiger partial charge is 0.263 e. The lowest BCUT2D eigenvalue weighted by atomic mass is 10.3. The molecule has 0 amide bonds. The summed E-state index contributed by atoms with van der Waals surface area (Å²) in [6.07, 6.45) is 0.990. The minimum atomic E-state index is -4.13. The van der Waals surface area contributed by atoms with Gasteiger partial charge in [-0.2, -0.15) is 0 Å². The summed E-state index contributed by atoms with van der Waals surface area (Å²) in [7, 11) is -4.13. The van der Waals surface area contributed by atoms with E-state index in [2.05, 4.69) is 4.98 Å². The fourth-order valence-electron chi connectivity index (χ4n) is 1.31. The molecule has 1 aromatic carbocycles. The Morgan fingerprint density at radius 1 is 1.11 bits per heavy atom. The van der Waals surface area contributed by atoms with Gasteiger partial charge in [-0.05, 0) is 24.3 Å². The number of nitrogens with zero attached hydrogens (tertiary/aromatic N) is 1. The number of hydrogen-bond acceptors (Lipinski definition) is 3. The van der Waals surface area contributed by atoms with Gasteiger partial charge in [0.05, 0.1) is 0 Å². The molecule has 0 bridgehead atoms. The molecule has 0 radical (unpaired) electrons. The SMILES string of the molecule is O=S(=O)(Nc1c(F)cccc1F)c1ccc(Cl)nc1. The number of para-hydroxylation sites is 1. The topological polar surface area (TPSA) is 59.1 Å². The molecule has 0 saturated carbocycles. The molecule has 0 atom stereocenters. The Morgan fingerprint density at radius 2 is 1.74 bits per heavy atom. The van der Waals surface area contributed by atoms with Gasteiger partial charge in [-0.25, -0.2) is 22.2 Å². The molecule has 0 unspecified atom stereocenters. The van der Waals surface area contributed by atoms with E-state index in [-0.39, 0.29) is 10.0 Å². The average molecular weight is 305 g/mol. The second-order valence-electron chi connectivity index (χ2n) is 3.52. The second-order valence-corrected chi connectivity index (χ2v) is 5.59. The first kappa shape index (κ1) is 13.7. The van der Waals surface area contributed by atoms with Crippen molar-refractivity contribution in [1.82, 2.24) is 4.98 Å². The molecule has 0 spiro atoms. The molecule has 0 saturated heterocycles. The quantitative estimate of drug-likeness (QED) is 0.887. The van der Waals surface area contributed by atoms with Crippen molar-refractivity contribution in [1.29, 1.82) is 0 Å². The fraction of sp³-hybridized carbons (Fsp3) is 0. The fourth-order valence-corrected chi connectivity index (χ4v) is 2.44. The van der Waals surface area contributed by atoms with E-state index in [0.29, 0.717) is 0 Å². The molecule has 1 N–H and O–H groups in total. The molecule has 1 aromatic heterocycles. The lowest BCUT2D eigenvalue weighted by Crippen LogP contribution is -2.15. The summed E-state index contributed by atoms with van der Waals surface area (Å²) < 4.78 is 52.3. The van der Waals surface area contributed by atoms with Crippen molar-refractivity contribution in [3.63, 3.8) is 0 Å². The molecule has 4 nitrogen and oxygen atoms in total. The minimum absolute atomic E-state index is 0.107. The molecule has 2 aromatic rings. The first-order valence-electron chi connectivity index (χ1n) is 4.98. The molecule has 0 fully saturated rings. The van der Waals surface area contributed by atoms with Gasteiger partial charge in [-0.1, -0.05) is 17.7 Å². The van der Waals surface area contributed by atoms with Crippen molar-refractivity contribution < 1.29 is 17.2 Å². The van der Waals surface area contributed by atoms with Crippen LogP contribution in [0.5, 0.6) is 0 Å². The molecule has 2 rings (SSSR count). The van der Waals surface area contributed by atoms with Crippen LogP contribution < -0.4 is 4.72 Å². The van der Waals surface area contributed by atoms with Gasteiger partial charge in [-0.15, -0.1) is 0 Å². The maximum atomic E-state index is 13.4. The Labute approximate surface area is 113 Å². The number of benzene rings is 1. The lowest BCUT2D eigenvalue weighted by Gasteiger charge is -2.09. The van der Waals surface area contributed by atoms with Crippen LogP contribution in [-0.4, -0.2) is 13.4 Å². The molecule has 100 valence electrons. The third kappa shape index (κ3) is 2.99. The second kappa shape index (κ2) is 5.10. The number of sulfonamides is 1. The monoisotopic (exact) mass is 304 g/mol. The van der Waals surface area contributed by atoms with Gasteiger partial charge in [-0.3, -0.25) is 4.72 Å². The van der Waals surface area contributed by atoms with Crippen molar-refractivity contribution in [3.05, 3.63) is 53.3 Å². The number of nitrogens with one attached hydrogen (secondary N) is 1. The number of pyridine rings is 1. The summed E-state index contributed by atoms with van der Waals surface area (Å²) in [4.78, 5) is 3.34. The maximum absolute atomic E-state index is 13.4. The van der Waals surface area contributed by atoms with Gasteiger partial charge in [0, 0.05) is 6.20 Å². The van der Waals surface area contributed by atoms with E-state index in [1.54, 1.807) is 0 Å². The first-order chi connectivity index (χ1) is 8.90. The number of anilines is 1. The molecule has 0 aliphatic rings. The van der Waals surface area contributed by atoms with Gasteiger partial charge >= 0.3 is 0 Å². The van der Waals surface area contributed by atoms with Crippen LogP contribution in [0.1, 0.15) is 0 Å². The highest BCUT2D eigenvalue weighted by molar-refractivity contribution is 7.92. The van der Waals surface area contributed by atoms with Crippen LogP contribution in [0.2, 0.25) is 5.15 Å². The van der Waals surface area contributed by atoms with Crippen molar-refractivity contribution in [3.8, 4) is 0 Å². The van der Waals surface area contributed by atoms with Gasteiger partial charge in [0.2, 0.25) is 0 Å². The largest absolute Gasteiger partial charge is 0.274 e. The molecule has 19 heavy (non-hydrogen) atoms. The Hall–Kier alpha value is -1.73. The lowest BCUT2D eigenvalue weighted by molar-refractivity contribution is 0.582. The van der Waals surface area contributed by atoms with E-state index >= 15 is 0 Å². The Bertz CT molecular complexity index is 685. The highest BCUT2D eigenvalue weighted by Crippen LogP contribution is 2.22. The number of hydrogen-bond donors (Lipinski definition) is 1. The Balaban J connectivity index is 2.39. The molecule has 0 aliphatic heterocycles. The van der Waals surface area contributed by atoms with Crippen molar-refractivity contribution in [2.45, 2.75) is 4.90 Å². The predicted octanol–water partition coefficient (Wildman–Crippen LogP) is 2.81. The average Bonchev–Trinajstić information content (AvgIpc) is 2.35. The Kier molecular flexibility index (Phi) is 3.68. The molecular formula is C11H7ClF2N2O2S. The van der Waals surface area contributed by atoms with E-state index in [1.807, 2.05) is 4.72 Å². The summed E-state index contributed by atoms with van der Waals surface area (Å²) in [6, 6.07) is 5.46. The zero-order valence-corrected chi connectivity index (χ0v) is 10.8. The standard InChI is InChI=1S/C11H7ClF2N2O2S/c12-10-5-4-7(6-15-10)19(17,18)16-11-8(13)2-1-3-9(11)14/h1-6,16H. The third-order valence-corrected chi connectivity index (χ3v) is 3.77. The zero-order valence-electron chi connectivity index (χ0n) is 9.27. The summed E-state index contributed by atoms with van der Waals surface area (Å²) >= 11 is 5.53. The summed E-state index contributed by atoms with van der Waals surface area (Å²) in [5.41, 5.74) is -0.738. The zero-order chi connectivity index (χ0) is 14.0. The van der Waals surface area contributed by atoms with Gasteiger partial charge in [0.25, 0.3) is 10.0 Å². The third-order valence-electron chi connectivity index (χ3n) is 2.21. The van der Waals surface area contributed by atoms with E-state index in [1.165, 1.54) is 12.1 Å². The van der Waals surface area contributed by atoms with Crippen LogP contribution >= 0.6 is 11.6 Å². The molecule has 8 heteroatoms. The number of halogens is 3. The van der Waals surface area contributed by atoms with E-state index in [0.717, 1.165) is 24.4 Å². The first-order valence-corrected chi connectivity index (χ1v) is 6.84. The van der Waals surface area contributed by atoms with Crippen LogP contribution in [0.3, 0.4) is 0 Å². The number of aromatic nitrogens is 1. The summed E-state index contributed by atoms with van der Waals surface area (Å²) in [5, 5.41) is 0.107. The molecule has 0 aliphatic carbocycles. The van der Waals surface area contributed by atoms with Crippen LogP contribution in [0.4, 0.5) is 14.5 Å². The van der Waals surface area contributed by atoms with Gasteiger partial charge < -0.3 is 0 Å². The molecular weight excluding hydrogens is 298 g/mol. The van der Waals surface area contributed by atoms with Crippen molar-refractivity contribution in [2.75, 3.05) is 4.72 Å². The van der Waals surface area contributed by atoms with Crippen molar-refractivity contribution in [2.24, 2.45) is 0 Å². The van der Waals surface area contributed by atoms with Crippen LogP contribution in [0, 0.1) is 11.6 Å².